The molecule has 0 spiro atoms. The van der Waals surface area contributed by atoms with Crippen LogP contribution in [0.4, 0.5) is 0 Å². The highest BCUT2D eigenvalue weighted by Gasteiger charge is 2.29. The van der Waals surface area contributed by atoms with E-state index < -0.39 is 0 Å². The average Bonchev–Trinajstić information content (AvgIpc) is 2.14. The molecule has 1 fully saturated rings. The molecule has 2 heteroatoms. The molecule has 14 heavy (non-hydrogen) atoms. The Morgan fingerprint density at radius 1 is 1.29 bits per heavy atom. The van der Waals surface area contributed by atoms with Crippen molar-refractivity contribution in [3.63, 3.8) is 0 Å². The lowest BCUT2D eigenvalue weighted by molar-refractivity contribution is 0.183. The molecule has 2 unspecified atom stereocenters. The molecule has 1 nitrogen and oxygen atoms in total. The third kappa shape index (κ3) is 2.10. The molecule has 1 aromatic rings. The van der Waals surface area contributed by atoms with E-state index in [2.05, 4.69) is 12.1 Å². The molecule has 0 saturated heterocycles. The minimum absolute atomic E-state index is 0.744. The molecule has 2 rings (SSSR count). The Morgan fingerprint density at radius 2 is 2.07 bits per heavy atom. The first-order chi connectivity index (χ1) is 6.79. The van der Waals surface area contributed by atoms with E-state index in [1.807, 2.05) is 12.1 Å². The zero-order valence-electron chi connectivity index (χ0n) is 8.25. The summed E-state index contributed by atoms with van der Waals surface area (Å²) in [7, 11) is 0. The maximum Gasteiger partial charge on any atom is 0.0408 e. The zero-order valence-corrected chi connectivity index (χ0v) is 9.00. The topological polar surface area (TPSA) is 26.0 Å². The van der Waals surface area contributed by atoms with Crippen molar-refractivity contribution < 1.29 is 0 Å². The van der Waals surface area contributed by atoms with E-state index in [1.54, 1.807) is 0 Å². The number of hydrogen-bond donors (Lipinski definition) is 1. The van der Waals surface area contributed by atoms with Crippen molar-refractivity contribution in [1.29, 1.82) is 0 Å². The van der Waals surface area contributed by atoms with Crippen LogP contribution in [0.5, 0.6) is 0 Å². The second-order valence-electron chi connectivity index (χ2n) is 4.17. The van der Waals surface area contributed by atoms with Gasteiger partial charge in [-0.05, 0) is 55.3 Å². The van der Waals surface area contributed by atoms with Gasteiger partial charge in [0.05, 0.1) is 0 Å². The zero-order chi connectivity index (χ0) is 9.97. The highest BCUT2D eigenvalue weighted by atomic mass is 35.5. The molecule has 0 amide bonds. The number of halogens is 1. The van der Waals surface area contributed by atoms with Gasteiger partial charge >= 0.3 is 0 Å². The molecule has 76 valence electrons. The van der Waals surface area contributed by atoms with Crippen molar-refractivity contribution in [3.05, 3.63) is 34.9 Å². The van der Waals surface area contributed by atoms with Gasteiger partial charge in [-0.15, -0.1) is 0 Å². The van der Waals surface area contributed by atoms with Crippen LogP contribution in [0.1, 0.15) is 18.4 Å². The highest BCUT2D eigenvalue weighted by molar-refractivity contribution is 6.30. The summed E-state index contributed by atoms with van der Waals surface area (Å²) in [6.07, 6.45) is 3.78. The van der Waals surface area contributed by atoms with Crippen LogP contribution in [-0.4, -0.2) is 6.54 Å². The molecule has 1 aliphatic rings. The third-order valence-electron chi connectivity index (χ3n) is 3.26. The number of nitrogens with two attached hydrogens (primary N) is 1. The summed E-state index contributed by atoms with van der Waals surface area (Å²) in [4.78, 5) is 0. The fraction of sp³-hybridized carbons (Fsp3) is 0.500. The summed E-state index contributed by atoms with van der Waals surface area (Å²) in [5, 5.41) is 0.839. The predicted octanol–water partition coefficient (Wildman–Crippen LogP) is 2.87. The van der Waals surface area contributed by atoms with Gasteiger partial charge in [0.2, 0.25) is 0 Å². The Hall–Kier alpha value is -0.530. The standard InChI is InChI=1S/C12H16ClN/c13-12-3-1-2-9(7-12)6-10-4-5-11(10)8-14/h1-3,7,10-11H,4-6,8,14H2. The molecule has 1 saturated carbocycles. The lowest BCUT2D eigenvalue weighted by Crippen LogP contribution is -2.33. The molecular weight excluding hydrogens is 194 g/mol. The fourth-order valence-corrected chi connectivity index (χ4v) is 2.40. The highest BCUT2D eigenvalue weighted by Crippen LogP contribution is 2.36. The van der Waals surface area contributed by atoms with Gasteiger partial charge < -0.3 is 5.73 Å². The maximum atomic E-state index is 5.94. The van der Waals surface area contributed by atoms with Crippen molar-refractivity contribution in [3.8, 4) is 0 Å². The lowest BCUT2D eigenvalue weighted by Gasteiger charge is -2.36. The lowest BCUT2D eigenvalue weighted by atomic mass is 9.71. The first-order valence-corrected chi connectivity index (χ1v) is 5.62. The molecule has 0 bridgehead atoms. The predicted molar refractivity (Wildman–Crippen MR) is 60.4 cm³/mol. The van der Waals surface area contributed by atoms with Gasteiger partial charge in [0, 0.05) is 5.02 Å². The summed E-state index contributed by atoms with van der Waals surface area (Å²) >= 11 is 5.94. The monoisotopic (exact) mass is 209 g/mol. The minimum Gasteiger partial charge on any atom is -0.330 e. The van der Waals surface area contributed by atoms with E-state index in [9.17, 15) is 0 Å². The van der Waals surface area contributed by atoms with Crippen LogP contribution < -0.4 is 5.73 Å². The molecule has 1 aliphatic carbocycles. The molecule has 0 aromatic heterocycles. The van der Waals surface area contributed by atoms with Crippen LogP contribution in [-0.2, 0) is 6.42 Å². The summed E-state index contributed by atoms with van der Waals surface area (Å²) in [5.74, 6) is 1.53. The van der Waals surface area contributed by atoms with E-state index in [1.165, 1.54) is 18.4 Å². The first-order valence-electron chi connectivity index (χ1n) is 5.24. The van der Waals surface area contributed by atoms with Crippen molar-refractivity contribution in [2.24, 2.45) is 17.6 Å². The van der Waals surface area contributed by atoms with Crippen LogP contribution in [0, 0.1) is 11.8 Å². The summed E-state index contributed by atoms with van der Waals surface area (Å²) in [5.41, 5.74) is 7.03. The molecule has 1 aromatic carbocycles. The van der Waals surface area contributed by atoms with Crippen LogP contribution in [0.15, 0.2) is 24.3 Å². The van der Waals surface area contributed by atoms with Gasteiger partial charge in [-0.25, -0.2) is 0 Å². The largest absolute Gasteiger partial charge is 0.330 e. The summed E-state index contributed by atoms with van der Waals surface area (Å²) < 4.78 is 0. The normalized spacial score (nSPS) is 25.9. The van der Waals surface area contributed by atoms with Crippen molar-refractivity contribution in [2.45, 2.75) is 19.3 Å². The number of hydrogen-bond acceptors (Lipinski definition) is 1. The van der Waals surface area contributed by atoms with Gasteiger partial charge in [0.15, 0.2) is 0 Å². The van der Waals surface area contributed by atoms with Gasteiger partial charge in [-0.2, -0.15) is 0 Å². The van der Waals surface area contributed by atoms with Crippen molar-refractivity contribution in [1.82, 2.24) is 0 Å². The molecule has 0 heterocycles. The van der Waals surface area contributed by atoms with E-state index in [4.69, 9.17) is 17.3 Å². The molecule has 2 N–H and O–H groups in total. The molecule has 0 radical (unpaired) electrons. The maximum absolute atomic E-state index is 5.94. The fourth-order valence-electron chi connectivity index (χ4n) is 2.18. The Balaban J connectivity index is 1.97. The van der Waals surface area contributed by atoms with Gasteiger partial charge in [0.1, 0.15) is 0 Å². The second kappa shape index (κ2) is 4.33. The second-order valence-corrected chi connectivity index (χ2v) is 4.60. The number of rotatable bonds is 3. The van der Waals surface area contributed by atoms with Crippen LogP contribution in [0.3, 0.4) is 0 Å². The Bertz CT molecular complexity index is 309. The van der Waals surface area contributed by atoms with Crippen molar-refractivity contribution >= 4 is 11.6 Å². The van der Waals surface area contributed by atoms with E-state index >= 15 is 0 Å². The van der Waals surface area contributed by atoms with Gasteiger partial charge in [-0.3, -0.25) is 0 Å². The Kier molecular flexibility index (Phi) is 3.09. The van der Waals surface area contributed by atoms with E-state index in [0.717, 1.165) is 29.8 Å². The molecular formula is C12H16ClN. The van der Waals surface area contributed by atoms with Gasteiger partial charge in [0.25, 0.3) is 0 Å². The molecule has 2 atom stereocenters. The van der Waals surface area contributed by atoms with Gasteiger partial charge in [-0.1, -0.05) is 23.7 Å². The third-order valence-corrected chi connectivity index (χ3v) is 3.50. The SMILES string of the molecule is NCC1CCC1Cc1cccc(Cl)c1. The van der Waals surface area contributed by atoms with Crippen LogP contribution >= 0.6 is 11.6 Å². The Labute approximate surface area is 90.3 Å². The smallest absolute Gasteiger partial charge is 0.0408 e. The summed E-state index contributed by atoms with van der Waals surface area (Å²) in [6.45, 7) is 0.839. The Morgan fingerprint density at radius 3 is 2.64 bits per heavy atom. The van der Waals surface area contributed by atoms with Crippen LogP contribution in [0.2, 0.25) is 5.02 Å². The first kappa shape index (κ1) is 10.0. The van der Waals surface area contributed by atoms with E-state index in [-0.39, 0.29) is 0 Å². The minimum atomic E-state index is 0.744. The van der Waals surface area contributed by atoms with Crippen LogP contribution in [0.25, 0.3) is 0 Å². The summed E-state index contributed by atoms with van der Waals surface area (Å²) in [6, 6.07) is 8.16. The molecule has 0 aliphatic heterocycles. The van der Waals surface area contributed by atoms with Crippen molar-refractivity contribution in [2.75, 3.05) is 6.54 Å². The van der Waals surface area contributed by atoms with E-state index in [0.29, 0.717) is 0 Å². The quantitative estimate of drug-likeness (QED) is 0.814. The number of benzene rings is 1. The average molecular weight is 210 g/mol.